The molecule has 1 atom stereocenters. The van der Waals surface area contributed by atoms with Crippen LogP contribution in [-0.4, -0.2) is 28.7 Å². The second-order valence-electron chi connectivity index (χ2n) is 8.44. The lowest BCUT2D eigenvalue weighted by atomic mass is 9.83. The molecule has 0 bridgehead atoms. The Balaban J connectivity index is 0.000000176. The molecule has 1 saturated carbocycles. The van der Waals surface area contributed by atoms with Crippen LogP contribution in [0.25, 0.3) is 0 Å². The minimum atomic E-state index is -4.32. The molecule has 3 heterocycles. The normalized spacial score (nSPS) is 20.4. The fourth-order valence-electron chi connectivity index (χ4n) is 4.49. The summed E-state index contributed by atoms with van der Waals surface area (Å²) in [7, 11) is 0. The van der Waals surface area contributed by atoms with Gasteiger partial charge in [0.25, 0.3) is 0 Å². The molecular weight excluding hydrogens is 403 g/mol. The maximum atomic E-state index is 12.5. The van der Waals surface area contributed by atoms with E-state index >= 15 is 0 Å². The van der Waals surface area contributed by atoms with Gasteiger partial charge in [0.15, 0.2) is 0 Å². The Labute approximate surface area is 182 Å². The number of nitrogens with one attached hydrogen (secondary N) is 1. The topological polar surface area (TPSA) is 47.0 Å². The van der Waals surface area contributed by atoms with Gasteiger partial charge in [-0.2, -0.15) is 13.2 Å². The Kier molecular flexibility index (Phi) is 8.06. The van der Waals surface area contributed by atoms with Gasteiger partial charge in [-0.1, -0.05) is 25.8 Å². The number of hydrogen-bond donors (Lipinski definition) is 1. The molecule has 1 aliphatic carbocycles. The summed E-state index contributed by atoms with van der Waals surface area (Å²) >= 11 is 0. The van der Waals surface area contributed by atoms with E-state index in [1.54, 1.807) is 0 Å². The van der Waals surface area contributed by atoms with Crippen molar-refractivity contribution in [3.8, 4) is 0 Å². The summed E-state index contributed by atoms with van der Waals surface area (Å²) in [5.41, 5.74) is 1.38. The number of pyridine rings is 2. The Hall–Kier alpha value is -1.99. The van der Waals surface area contributed by atoms with Crippen molar-refractivity contribution < 1.29 is 17.9 Å². The highest BCUT2D eigenvalue weighted by molar-refractivity contribution is 5.27. The molecule has 2 fully saturated rings. The van der Waals surface area contributed by atoms with Gasteiger partial charge in [-0.25, -0.2) is 0 Å². The SMILES string of the molecule is CCNCc1cnc(C)c(C(F)(F)F)c1.c1ccc(C2CCOC3(CCCC3)C2)nc1. The fraction of sp³-hybridized carbons (Fsp3) is 0.583. The van der Waals surface area contributed by atoms with E-state index in [9.17, 15) is 13.2 Å². The second-order valence-corrected chi connectivity index (χ2v) is 8.44. The number of rotatable bonds is 4. The summed E-state index contributed by atoms with van der Waals surface area (Å²) in [4.78, 5) is 8.24. The molecule has 170 valence electrons. The van der Waals surface area contributed by atoms with E-state index in [1.807, 2.05) is 19.2 Å². The number of aryl methyl sites for hydroxylation is 1. The number of nitrogens with zero attached hydrogens (tertiary/aromatic N) is 2. The summed E-state index contributed by atoms with van der Waals surface area (Å²) in [5, 5.41) is 2.96. The van der Waals surface area contributed by atoms with Gasteiger partial charge in [-0.3, -0.25) is 9.97 Å². The molecule has 1 N–H and O–H groups in total. The first-order valence-electron chi connectivity index (χ1n) is 11.1. The summed E-state index contributed by atoms with van der Waals surface area (Å²) in [6.07, 6.45) is 6.58. The first-order valence-corrected chi connectivity index (χ1v) is 11.1. The molecule has 2 aromatic rings. The predicted molar refractivity (Wildman–Crippen MR) is 115 cm³/mol. The number of alkyl halides is 3. The Morgan fingerprint density at radius 1 is 1.19 bits per heavy atom. The van der Waals surface area contributed by atoms with Crippen molar-refractivity contribution in [3.63, 3.8) is 0 Å². The molecule has 31 heavy (non-hydrogen) atoms. The number of ether oxygens (including phenoxy) is 1. The average molecular weight is 436 g/mol. The number of halogens is 3. The van der Waals surface area contributed by atoms with Crippen molar-refractivity contribution >= 4 is 0 Å². The van der Waals surface area contributed by atoms with E-state index in [4.69, 9.17) is 4.74 Å². The highest BCUT2D eigenvalue weighted by Gasteiger charge is 2.40. The fourth-order valence-corrected chi connectivity index (χ4v) is 4.49. The lowest BCUT2D eigenvalue weighted by Crippen LogP contribution is -2.36. The predicted octanol–water partition coefficient (Wildman–Crippen LogP) is 5.81. The monoisotopic (exact) mass is 435 g/mol. The first kappa shape index (κ1) is 23.7. The summed E-state index contributed by atoms with van der Waals surface area (Å²) in [5.74, 6) is 0.619. The van der Waals surface area contributed by atoms with Crippen LogP contribution in [0.2, 0.25) is 0 Å². The molecule has 7 heteroatoms. The first-order chi connectivity index (χ1) is 14.8. The number of hydrogen-bond acceptors (Lipinski definition) is 4. The molecular formula is C24H32F3N3O. The average Bonchev–Trinajstić information content (AvgIpc) is 3.21. The third-order valence-corrected chi connectivity index (χ3v) is 6.14. The van der Waals surface area contributed by atoms with E-state index in [0.717, 1.165) is 25.6 Å². The highest BCUT2D eigenvalue weighted by atomic mass is 19.4. The molecule has 2 aliphatic rings. The van der Waals surface area contributed by atoms with Crippen molar-refractivity contribution in [2.45, 2.75) is 76.6 Å². The Morgan fingerprint density at radius 3 is 2.61 bits per heavy atom. The van der Waals surface area contributed by atoms with Gasteiger partial charge in [0.1, 0.15) is 0 Å². The molecule has 1 spiro atoms. The van der Waals surface area contributed by atoms with Crippen LogP contribution in [0.3, 0.4) is 0 Å². The van der Waals surface area contributed by atoms with Crippen molar-refractivity contribution in [3.05, 3.63) is 59.2 Å². The van der Waals surface area contributed by atoms with Crippen molar-refractivity contribution in [1.29, 1.82) is 0 Å². The second kappa shape index (κ2) is 10.6. The molecule has 1 unspecified atom stereocenters. The van der Waals surface area contributed by atoms with E-state index in [1.165, 1.54) is 50.9 Å². The molecule has 4 nitrogen and oxygen atoms in total. The molecule has 0 amide bonds. The van der Waals surface area contributed by atoms with E-state index < -0.39 is 11.7 Å². The Bertz CT molecular complexity index is 821. The molecule has 1 aliphatic heterocycles. The van der Waals surface area contributed by atoms with Crippen LogP contribution < -0.4 is 5.32 Å². The quantitative estimate of drug-likeness (QED) is 0.659. The third-order valence-electron chi connectivity index (χ3n) is 6.14. The molecule has 1 saturated heterocycles. The zero-order chi connectivity index (χ0) is 22.3. The van der Waals surface area contributed by atoms with Gasteiger partial charge in [0.2, 0.25) is 0 Å². The van der Waals surface area contributed by atoms with Gasteiger partial charge in [0.05, 0.1) is 11.2 Å². The van der Waals surface area contributed by atoms with Gasteiger partial charge in [-0.15, -0.1) is 0 Å². The molecule has 0 radical (unpaired) electrons. The Morgan fingerprint density at radius 2 is 1.97 bits per heavy atom. The maximum Gasteiger partial charge on any atom is 0.418 e. The van der Waals surface area contributed by atoms with E-state index in [-0.39, 0.29) is 11.3 Å². The van der Waals surface area contributed by atoms with Gasteiger partial charge in [-0.05, 0) is 62.9 Å². The van der Waals surface area contributed by atoms with E-state index in [0.29, 0.717) is 18.0 Å². The van der Waals surface area contributed by atoms with Crippen LogP contribution in [0, 0.1) is 6.92 Å². The van der Waals surface area contributed by atoms with Gasteiger partial charge in [0, 0.05) is 42.9 Å². The summed E-state index contributed by atoms with van der Waals surface area (Å²) < 4.78 is 43.5. The van der Waals surface area contributed by atoms with Gasteiger partial charge >= 0.3 is 6.18 Å². The van der Waals surface area contributed by atoms with E-state index in [2.05, 4.69) is 27.4 Å². The smallest absolute Gasteiger partial charge is 0.375 e. The summed E-state index contributed by atoms with van der Waals surface area (Å²) in [6, 6.07) is 7.40. The summed E-state index contributed by atoms with van der Waals surface area (Å²) in [6.45, 7) is 5.30. The third kappa shape index (κ3) is 6.50. The standard InChI is InChI=1S/C14H19NO.C10H13F3N2/c1-4-9-15-13(5-1)12-6-10-16-14(11-12)7-2-3-8-14;1-3-14-5-8-4-9(10(11,12)13)7(2)15-6-8/h1,4-5,9,12H,2-3,6-8,10-11H2;4,6,14H,3,5H2,1-2H3. The zero-order valence-corrected chi connectivity index (χ0v) is 18.3. The van der Waals surface area contributed by atoms with Crippen LogP contribution in [0.15, 0.2) is 36.7 Å². The molecule has 0 aromatic carbocycles. The minimum Gasteiger partial charge on any atom is -0.375 e. The molecule has 4 rings (SSSR count). The van der Waals surface area contributed by atoms with Crippen LogP contribution in [0.1, 0.15) is 73.9 Å². The lowest BCUT2D eigenvalue weighted by Gasteiger charge is -2.38. The highest BCUT2D eigenvalue weighted by Crippen LogP contribution is 2.44. The lowest BCUT2D eigenvalue weighted by molar-refractivity contribution is -0.138. The zero-order valence-electron chi connectivity index (χ0n) is 18.3. The van der Waals surface area contributed by atoms with Crippen LogP contribution in [0.4, 0.5) is 13.2 Å². The maximum absolute atomic E-state index is 12.5. The van der Waals surface area contributed by atoms with Crippen LogP contribution in [-0.2, 0) is 17.5 Å². The van der Waals surface area contributed by atoms with Crippen LogP contribution >= 0.6 is 0 Å². The van der Waals surface area contributed by atoms with Gasteiger partial charge < -0.3 is 10.1 Å². The van der Waals surface area contributed by atoms with Crippen molar-refractivity contribution in [2.24, 2.45) is 0 Å². The molecule has 2 aromatic heterocycles. The van der Waals surface area contributed by atoms with Crippen LogP contribution in [0.5, 0.6) is 0 Å². The van der Waals surface area contributed by atoms with Crippen molar-refractivity contribution in [2.75, 3.05) is 13.2 Å². The van der Waals surface area contributed by atoms with Crippen molar-refractivity contribution in [1.82, 2.24) is 15.3 Å². The number of aromatic nitrogens is 2. The largest absolute Gasteiger partial charge is 0.418 e. The minimum absolute atomic E-state index is 0.0164.